The number of anilines is 1. The Morgan fingerprint density at radius 1 is 0.952 bits per heavy atom. The number of aliphatic carboxylic acids is 1. The van der Waals surface area contributed by atoms with Gasteiger partial charge >= 0.3 is 12.1 Å². The van der Waals surface area contributed by atoms with Gasteiger partial charge in [-0.2, -0.15) is 13.2 Å². The highest BCUT2D eigenvalue weighted by Gasteiger charge is 2.33. The molecule has 0 aliphatic heterocycles. The molecule has 0 saturated heterocycles. The van der Waals surface area contributed by atoms with Crippen LogP contribution in [0.3, 0.4) is 0 Å². The quantitative estimate of drug-likeness (QED) is 0.212. The maximum Gasteiger partial charge on any atom is 0.417 e. The normalized spacial score (nSPS) is 14.0. The molecule has 0 spiro atoms. The summed E-state index contributed by atoms with van der Waals surface area (Å²) in [5, 5.41) is 14.0. The number of carboxylic acids is 1. The van der Waals surface area contributed by atoms with Gasteiger partial charge in [0.15, 0.2) is 0 Å². The average molecular weight is 643 g/mol. The van der Waals surface area contributed by atoms with Crippen LogP contribution in [0.25, 0.3) is 5.57 Å². The number of hydrogen-bond donors (Lipinski definition) is 3. The van der Waals surface area contributed by atoms with Gasteiger partial charge in [-0.3, -0.25) is 14.4 Å². The Kier molecular flexibility index (Phi) is 10.2. The molecule has 3 N–H and O–H groups in total. The van der Waals surface area contributed by atoms with Crippen molar-refractivity contribution in [3.8, 4) is 0 Å². The van der Waals surface area contributed by atoms with E-state index in [1.54, 1.807) is 24.3 Å². The lowest BCUT2D eigenvalue weighted by Gasteiger charge is -2.20. The number of halogens is 4. The lowest BCUT2D eigenvalue weighted by molar-refractivity contribution is -0.138. The molecule has 3 aromatic carbocycles. The molecule has 1 aliphatic carbocycles. The SMILES string of the molecule is O=C(O)CCNC(=O)c1ccc(CC(C(=O)Nc2ccc(Br)c(C(F)(F)F)c2)c2ccc(C3=CCCCC3)cc2)cc1. The number of carbonyl (C=O) groups excluding carboxylic acids is 2. The Morgan fingerprint density at radius 3 is 2.29 bits per heavy atom. The number of alkyl halides is 3. The number of allylic oxidation sites excluding steroid dienone is 2. The van der Waals surface area contributed by atoms with Crippen LogP contribution in [0.4, 0.5) is 18.9 Å². The summed E-state index contributed by atoms with van der Waals surface area (Å²) in [6, 6.07) is 17.8. The van der Waals surface area contributed by atoms with Crippen molar-refractivity contribution in [2.24, 2.45) is 0 Å². The fourth-order valence-electron chi connectivity index (χ4n) is 4.85. The molecule has 1 atom stereocenters. The molecule has 1 aliphatic rings. The highest BCUT2D eigenvalue weighted by molar-refractivity contribution is 9.10. The minimum atomic E-state index is -4.59. The van der Waals surface area contributed by atoms with Crippen LogP contribution in [0.2, 0.25) is 0 Å². The number of carbonyl (C=O) groups is 3. The van der Waals surface area contributed by atoms with Gasteiger partial charge in [0.05, 0.1) is 17.9 Å². The zero-order valence-electron chi connectivity index (χ0n) is 22.6. The van der Waals surface area contributed by atoms with Crippen molar-refractivity contribution in [3.05, 3.63) is 105 Å². The van der Waals surface area contributed by atoms with E-state index in [0.29, 0.717) is 11.1 Å². The molecule has 3 aromatic rings. The zero-order chi connectivity index (χ0) is 30.3. The highest BCUT2D eigenvalue weighted by Crippen LogP contribution is 2.37. The number of carboxylic acid groups (broad SMARTS) is 1. The van der Waals surface area contributed by atoms with Gasteiger partial charge in [0.25, 0.3) is 5.91 Å². The molecule has 0 aromatic heterocycles. The van der Waals surface area contributed by atoms with Crippen LogP contribution in [0, 0.1) is 0 Å². The number of benzene rings is 3. The van der Waals surface area contributed by atoms with Gasteiger partial charge in [-0.05, 0) is 84.7 Å². The van der Waals surface area contributed by atoms with Gasteiger partial charge < -0.3 is 15.7 Å². The Hall–Kier alpha value is -3.92. The number of hydrogen-bond acceptors (Lipinski definition) is 3. The maximum atomic E-state index is 13.6. The van der Waals surface area contributed by atoms with Gasteiger partial charge in [-0.1, -0.05) is 58.4 Å². The molecule has 0 fully saturated rings. The summed E-state index contributed by atoms with van der Waals surface area (Å²) in [5.74, 6) is -2.63. The predicted octanol–water partition coefficient (Wildman–Crippen LogP) is 7.59. The minimum absolute atomic E-state index is 0.00281. The number of rotatable bonds is 10. The van der Waals surface area contributed by atoms with Crippen LogP contribution in [0.1, 0.15) is 70.6 Å². The molecule has 0 radical (unpaired) electrons. The van der Waals surface area contributed by atoms with E-state index in [1.165, 1.54) is 24.1 Å². The summed E-state index contributed by atoms with van der Waals surface area (Å²) >= 11 is 2.93. The first kappa shape index (κ1) is 31.0. The second-order valence-electron chi connectivity index (χ2n) is 10.1. The molecule has 42 heavy (non-hydrogen) atoms. The Labute approximate surface area is 250 Å². The first-order chi connectivity index (χ1) is 20.0. The van der Waals surface area contributed by atoms with Crippen LogP contribution < -0.4 is 10.6 Å². The van der Waals surface area contributed by atoms with Gasteiger partial charge in [-0.15, -0.1) is 0 Å². The molecule has 220 valence electrons. The van der Waals surface area contributed by atoms with Crippen LogP contribution in [0.15, 0.2) is 77.3 Å². The fraction of sp³-hybridized carbons (Fsp3) is 0.281. The number of amides is 2. The van der Waals surface area contributed by atoms with E-state index in [9.17, 15) is 27.6 Å². The van der Waals surface area contributed by atoms with Crippen molar-refractivity contribution in [1.29, 1.82) is 0 Å². The van der Waals surface area contributed by atoms with Crippen molar-refractivity contribution in [1.82, 2.24) is 5.32 Å². The average Bonchev–Trinajstić information content (AvgIpc) is 2.97. The lowest BCUT2D eigenvalue weighted by atomic mass is 9.88. The standard InChI is InChI=1S/C32H30BrF3N2O4/c33-28-15-14-25(19-27(28)32(34,35)36)38-31(42)26(23-12-10-22(11-13-23)21-4-2-1-3-5-21)18-20-6-8-24(9-7-20)30(41)37-17-16-29(39)40/h4,6-15,19,26H,1-3,5,16-18H2,(H,37,41)(H,38,42)(H,39,40). The fourth-order valence-corrected chi connectivity index (χ4v) is 5.33. The Balaban J connectivity index is 1.57. The Morgan fingerprint density at radius 2 is 1.67 bits per heavy atom. The summed E-state index contributed by atoms with van der Waals surface area (Å²) in [6.45, 7) is -0.00281. The van der Waals surface area contributed by atoms with E-state index < -0.39 is 35.4 Å². The Bertz CT molecular complexity index is 1470. The molecule has 4 rings (SSSR count). The van der Waals surface area contributed by atoms with Gasteiger partial charge in [-0.25, -0.2) is 0 Å². The lowest BCUT2D eigenvalue weighted by Crippen LogP contribution is -2.26. The van der Waals surface area contributed by atoms with Gasteiger partial charge in [0.2, 0.25) is 5.91 Å². The van der Waals surface area contributed by atoms with Crippen molar-refractivity contribution < 1.29 is 32.7 Å². The number of nitrogens with one attached hydrogen (secondary N) is 2. The molecule has 0 saturated carbocycles. The smallest absolute Gasteiger partial charge is 0.417 e. The minimum Gasteiger partial charge on any atom is -0.481 e. The van der Waals surface area contributed by atoms with Crippen LogP contribution >= 0.6 is 15.9 Å². The first-order valence-electron chi connectivity index (χ1n) is 13.6. The summed E-state index contributed by atoms with van der Waals surface area (Å²) < 4.78 is 40.3. The van der Waals surface area contributed by atoms with Crippen molar-refractivity contribution in [2.45, 2.75) is 50.6 Å². The van der Waals surface area contributed by atoms with Crippen LogP contribution in [-0.4, -0.2) is 29.4 Å². The zero-order valence-corrected chi connectivity index (χ0v) is 24.2. The topological polar surface area (TPSA) is 95.5 Å². The molecule has 2 amide bonds. The third-order valence-electron chi connectivity index (χ3n) is 7.11. The van der Waals surface area contributed by atoms with E-state index in [-0.39, 0.29) is 29.5 Å². The second-order valence-corrected chi connectivity index (χ2v) is 11.0. The summed E-state index contributed by atoms with van der Waals surface area (Å²) in [7, 11) is 0. The molecule has 1 unspecified atom stereocenters. The molecule has 6 nitrogen and oxygen atoms in total. The molecule has 10 heteroatoms. The van der Waals surface area contributed by atoms with Crippen LogP contribution in [0.5, 0.6) is 0 Å². The van der Waals surface area contributed by atoms with Crippen molar-refractivity contribution in [2.75, 3.05) is 11.9 Å². The molecule has 0 bridgehead atoms. The second kappa shape index (κ2) is 13.8. The van der Waals surface area contributed by atoms with E-state index in [4.69, 9.17) is 5.11 Å². The molecule has 0 heterocycles. The van der Waals surface area contributed by atoms with Gasteiger partial charge in [0.1, 0.15) is 0 Å². The van der Waals surface area contributed by atoms with E-state index in [1.807, 2.05) is 24.3 Å². The van der Waals surface area contributed by atoms with Crippen molar-refractivity contribution >= 4 is 45.0 Å². The monoisotopic (exact) mass is 642 g/mol. The largest absolute Gasteiger partial charge is 0.481 e. The summed E-state index contributed by atoms with van der Waals surface area (Å²) in [6.07, 6.45) is 1.99. The molecular formula is C32H30BrF3N2O4. The molecular weight excluding hydrogens is 613 g/mol. The third-order valence-corrected chi connectivity index (χ3v) is 7.80. The van der Waals surface area contributed by atoms with E-state index >= 15 is 0 Å². The maximum absolute atomic E-state index is 13.6. The summed E-state index contributed by atoms with van der Waals surface area (Å²) in [4.78, 5) is 36.6. The van der Waals surface area contributed by atoms with Crippen molar-refractivity contribution in [3.63, 3.8) is 0 Å². The first-order valence-corrected chi connectivity index (χ1v) is 14.4. The highest BCUT2D eigenvalue weighted by atomic mass is 79.9. The predicted molar refractivity (Wildman–Crippen MR) is 158 cm³/mol. The van der Waals surface area contributed by atoms with Crippen LogP contribution in [-0.2, 0) is 22.2 Å². The van der Waals surface area contributed by atoms with E-state index in [2.05, 4.69) is 32.6 Å². The summed E-state index contributed by atoms with van der Waals surface area (Å²) in [5.41, 5.74) is 3.26. The van der Waals surface area contributed by atoms with E-state index in [0.717, 1.165) is 36.5 Å². The third kappa shape index (κ3) is 8.31. The van der Waals surface area contributed by atoms with Gasteiger partial charge in [0, 0.05) is 22.3 Å².